The van der Waals surface area contributed by atoms with Gasteiger partial charge in [0.2, 0.25) is 0 Å². The summed E-state index contributed by atoms with van der Waals surface area (Å²) in [5.41, 5.74) is 2.18. The van der Waals surface area contributed by atoms with Gasteiger partial charge in [-0.1, -0.05) is 36.7 Å². The fraction of sp³-hybridized carbons (Fsp3) is 0.348. The molecule has 2 aliphatic rings. The van der Waals surface area contributed by atoms with Crippen LogP contribution in [-0.2, 0) is 0 Å². The van der Waals surface area contributed by atoms with Gasteiger partial charge < -0.3 is 15.0 Å². The number of nitrogens with zero attached hydrogens (tertiary/aromatic N) is 3. The second-order valence-electron chi connectivity index (χ2n) is 7.45. The van der Waals surface area contributed by atoms with Crippen LogP contribution in [0.3, 0.4) is 0 Å². The number of hydrogen-bond donors (Lipinski definition) is 1. The van der Waals surface area contributed by atoms with Gasteiger partial charge in [-0.15, -0.1) is 11.8 Å². The molecule has 0 radical (unpaired) electrons. The quantitative estimate of drug-likeness (QED) is 0.676. The van der Waals surface area contributed by atoms with E-state index < -0.39 is 5.66 Å². The summed E-state index contributed by atoms with van der Waals surface area (Å²) >= 11 is 7.76. The monoisotopic (exact) mass is 456 g/mol. The number of nitrogens with one attached hydrogen (secondary N) is 1. The van der Waals surface area contributed by atoms with E-state index in [1.165, 1.54) is 0 Å². The van der Waals surface area contributed by atoms with Crippen LogP contribution in [0.25, 0.3) is 0 Å². The molecule has 1 N–H and O–H groups in total. The molecule has 1 spiro atoms. The number of benzene rings is 2. The first-order valence-corrected chi connectivity index (χ1v) is 11.7. The molecule has 2 aromatic carbocycles. The van der Waals surface area contributed by atoms with Crippen LogP contribution in [0, 0.1) is 0 Å². The van der Waals surface area contributed by atoms with Crippen molar-refractivity contribution in [2.75, 3.05) is 31.3 Å². The van der Waals surface area contributed by atoms with Gasteiger partial charge in [-0.05, 0) is 30.0 Å². The summed E-state index contributed by atoms with van der Waals surface area (Å²) in [4.78, 5) is 24.6. The van der Waals surface area contributed by atoms with Crippen LogP contribution in [0.15, 0.2) is 58.5 Å². The molecular weight excluding hydrogens is 432 g/mol. The molecule has 8 heteroatoms. The standard InChI is InChI=1S/C23H25ClN4O2S/c1-3-31-21-20(16-7-9-17(24)10-8-16)26-23(27-21)11-13-28(14-12-23)22(29)25-18-5-4-6-19(15-18)30-2/h4-10,15H,3,11-14H2,1-2H3,(H,25,29). The number of methoxy groups -OCH3 is 1. The lowest BCUT2D eigenvalue weighted by Crippen LogP contribution is -2.46. The van der Waals surface area contributed by atoms with Crippen LogP contribution in [0.1, 0.15) is 25.3 Å². The Hall–Kier alpha value is -2.51. The second-order valence-corrected chi connectivity index (χ2v) is 9.14. The van der Waals surface area contributed by atoms with Crippen molar-refractivity contribution in [1.82, 2.24) is 4.90 Å². The van der Waals surface area contributed by atoms with Crippen LogP contribution in [0.4, 0.5) is 10.5 Å². The first-order chi connectivity index (χ1) is 15.0. The minimum Gasteiger partial charge on any atom is -0.497 e. The zero-order valence-electron chi connectivity index (χ0n) is 17.6. The predicted octanol–water partition coefficient (Wildman–Crippen LogP) is 5.33. The van der Waals surface area contributed by atoms with Crippen molar-refractivity contribution in [2.45, 2.75) is 25.4 Å². The molecule has 31 heavy (non-hydrogen) atoms. The second kappa shape index (κ2) is 9.32. The van der Waals surface area contributed by atoms with Crippen LogP contribution in [-0.4, -0.2) is 53.3 Å². The molecule has 1 fully saturated rings. The lowest BCUT2D eigenvalue weighted by molar-refractivity contribution is 0.175. The summed E-state index contributed by atoms with van der Waals surface area (Å²) in [6.45, 7) is 3.31. The van der Waals surface area contributed by atoms with Crippen molar-refractivity contribution < 1.29 is 9.53 Å². The molecule has 0 saturated carbocycles. The Kier molecular flexibility index (Phi) is 6.53. The molecule has 2 heterocycles. The van der Waals surface area contributed by atoms with Crippen molar-refractivity contribution >= 4 is 45.8 Å². The summed E-state index contributed by atoms with van der Waals surface area (Å²) in [5, 5.41) is 4.63. The molecule has 2 amide bonds. The van der Waals surface area contributed by atoms with Crippen molar-refractivity contribution in [3.05, 3.63) is 59.1 Å². The third-order valence-electron chi connectivity index (χ3n) is 5.40. The van der Waals surface area contributed by atoms with Gasteiger partial charge in [0.15, 0.2) is 5.66 Å². The van der Waals surface area contributed by atoms with Gasteiger partial charge in [0.1, 0.15) is 10.8 Å². The molecule has 0 aromatic heterocycles. The lowest BCUT2D eigenvalue weighted by Gasteiger charge is -2.35. The van der Waals surface area contributed by atoms with E-state index in [-0.39, 0.29) is 6.03 Å². The Labute approximate surface area is 191 Å². The number of anilines is 1. The Balaban J connectivity index is 1.46. The average molecular weight is 457 g/mol. The molecule has 4 rings (SSSR count). The van der Waals surface area contributed by atoms with Gasteiger partial charge >= 0.3 is 6.03 Å². The number of carbonyl (C=O) groups is 1. The molecule has 0 bridgehead atoms. The van der Waals surface area contributed by atoms with Crippen molar-refractivity contribution in [3.8, 4) is 5.75 Å². The lowest BCUT2D eigenvalue weighted by atomic mass is 9.98. The van der Waals surface area contributed by atoms with E-state index in [9.17, 15) is 4.79 Å². The first-order valence-electron chi connectivity index (χ1n) is 10.3. The Morgan fingerprint density at radius 3 is 2.61 bits per heavy atom. The number of carbonyl (C=O) groups excluding carboxylic acids is 1. The summed E-state index contributed by atoms with van der Waals surface area (Å²) in [6, 6.07) is 15.0. The molecule has 2 aromatic rings. The van der Waals surface area contributed by atoms with E-state index in [1.807, 2.05) is 53.4 Å². The summed E-state index contributed by atoms with van der Waals surface area (Å²) < 4.78 is 5.22. The fourth-order valence-corrected chi connectivity index (χ4v) is 4.69. The first kappa shape index (κ1) is 21.7. The number of amides is 2. The minimum atomic E-state index is -0.487. The van der Waals surface area contributed by atoms with Gasteiger partial charge in [-0.3, -0.25) is 4.99 Å². The number of likely N-dealkylation sites (tertiary alicyclic amines) is 1. The molecule has 0 unspecified atom stereocenters. The summed E-state index contributed by atoms with van der Waals surface area (Å²) in [6.07, 6.45) is 1.40. The minimum absolute atomic E-state index is 0.116. The van der Waals surface area contributed by atoms with Crippen LogP contribution in [0.2, 0.25) is 5.02 Å². The summed E-state index contributed by atoms with van der Waals surface area (Å²) in [5.74, 6) is 1.64. The summed E-state index contributed by atoms with van der Waals surface area (Å²) in [7, 11) is 1.61. The van der Waals surface area contributed by atoms with E-state index in [0.29, 0.717) is 42.4 Å². The number of aliphatic imine (C=N–C) groups is 2. The van der Waals surface area contributed by atoms with Crippen molar-refractivity contribution in [1.29, 1.82) is 0 Å². The molecular formula is C23H25ClN4O2S. The van der Waals surface area contributed by atoms with E-state index in [4.69, 9.17) is 26.3 Å². The zero-order valence-corrected chi connectivity index (χ0v) is 19.2. The van der Waals surface area contributed by atoms with Gasteiger partial charge in [0.25, 0.3) is 0 Å². The fourth-order valence-electron chi connectivity index (χ4n) is 3.75. The maximum Gasteiger partial charge on any atom is 0.321 e. The largest absolute Gasteiger partial charge is 0.497 e. The van der Waals surface area contributed by atoms with Crippen molar-refractivity contribution in [2.24, 2.45) is 9.98 Å². The van der Waals surface area contributed by atoms with Crippen LogP contribution >= 0.6 is 23.4 Å². The number of rotatable bonds is 4. The van der Waals surface area contributed by atoms with Crippen LogP contribution in [0.5, 0.6) is 5.75 Å². The van der Waals surface area contributed by atoms with Gasteiger partial charge in [0.05, 0.1) is 12.8 Å². The SMILES string of the molecule is CCSC1=NC2(CCN(C(=O)Nc3cccc(OC)c3)CC2)N=C1c1ccc(Cl)cc1. The highest BCUT2D eigenvalue weighted by molar-refractivity contribution is 8.15. The van der Waals surface area contributed by atoms with Gasteiger partial charge in [0, 0.05) is 48.3 Å². The number of hydrogen-bond acceptors (Lipinski definition) is 5. The van der Waals surface area contributed by atoms with Gasteiger partial charge in [-0.2, -0.15) is 0 Å². The van der Waals surface area contributed by atoms with Crippen molar-refractivity contribution in [3.63, 3.8) is 0 Å². The number of piperidine rings is 1. The van der Waals surface area contributed by atoms with E-state index in [2.05, 4.69) is 12.2 Å². The zero-order chi connectivity index (χ0) is 21.8. The predicted molar refractivity (Wildman–Crippen MR) is 129 cm³/mol. The molecule has 0 aliphatic carbocycles. The number of ether oxygens (including phenoxy) is 1. The number of thioether (sulfide) groups is 1. The highest BCUT2D eigenvalue weighted by Crippen LogP contribution is 2.36. The number of urea groups is 1. The molecule has 162 valence electrons. The molecule has 0 atom stereocenters. The smallest absolute Gasteiger partial charge is 0.321 e. The molecule has 2 aliphatic heterocycles. The number of halogens is 1. The molecule has 6 nitrogen and oxygen atoms in total. The highest BCUT2D eigenvalue weighted by Gasteiger charge is 2.40. The van der Waals surface area contributed by atoms with Crippen LogP contribution < -0.4 is 10.1 Å². The third kappa shape index (κ3) is 4.88. The van der Waals surface area contributed by atoms with E-state index in [1.54, 1.807) is 18.9 Å². The van der Waals surface area contributed by atoms with E-state index in [0.717, 1.165) is 22.1 Å². The Morgan fingerprint density at radius 1 is 1.19 bits per heavy atom. The maximum absolute atomic E-state index is 12.7. The Bertz CT molecular complexity index is 1010. The molecule has 1 saturated heterocycles. The third-order valence-corrected chi connectivity index (χ3v) is 6.50. The highest BCUT2D eigenvalue weighted by atomic mass is 35.5. The average Bonchev–Trinajstić information content (AvgIpc) is 3.12. The Morgan fingerprint density at radius 2 is 1.94 bits per heavy atom. The van der Waals surface area contributed by atoms with E-state index >= 15 is 0 Å². The maximum atomic E-state index is 12.7. The topological polar surface area (TPSA) is 66.3 Å². The normalized spacial score (nSPS) is 17.3. The van der Waals surface area contributed by atoms with Gasteiger partial charge in [-0.25, -0.2) is 9.79 Å².